The Labute approximate surface area is 129 Å². The molecule has 0 aliphatic heterocycles. The molecule has 7 heteroatoms. The van der Waals surface area contributed by atoms with Gasteiger partial charge in [-0.15, -0.1) is 11.3 Å². The lowest BCUT2D eigenvalue weighted by molar-refractivity contribution is 0.0702. The van der Waals surface area contributed by atoms with Gasteiger partial charge in [0.25, 0.3) is 0 Å². The first-order valence-electron chi connectivity index (χ1n) is 7.21. The third-order valence-electron chi connectivity index (χ3n) is 4.11. The van der Waals surface area contributed by atoms with Crippen LogP contribution in [0.5, 0.6) is 0 Å². The second-order valence-corrected chi connectivity index (χ2v) is 8.46. The summed E-state index contributed by atoms with van der Waals surface area (Å²) in [4.78, 5) is 11.7. The topological polar surface area (TPSA) is 83.5 Å². The molecule has 1 saturated carbocycles. The number of hydrogen-bond donors (Lipinski definition) is 2. The molecule has 1 heterocycles. The third-order valence-corrected chi connectivity index (χ3v) is 6.90. The van der Waals surface area contributed by atoms with Crippen molar-refractivity contribution < 1.29 is 18.3 Å². The van der Waals surface area contributed by atoms with Gasteiger partial charge in [-0.25, -0.2) is 17.9 Å². The maximum atomic E-state index is 12.5. The van der Waals surface area contributed by atoms with E-state index in [-0.39, 0.29) is 15.8 Å². The van der Waals surface area contributed by atoms with Crippen LogP contribution in [0.4, 0.5) is 0 Å². The van der Waals surface area contributed by atoms with Crippen LogP contribution in [-0.2, 0) is 10.0 Å². The molecule has 0 spiro atoms. The first-order valence-corrected chi connectivity index (χ1v) is 9.51. The zero-order chi connectivity index (χ0) is 15.6. The predicted octanol–water partition coefficient (Wildman–Crippen LogP) is 3.00. The van der Waals surface area contributed by atoms with E-state index in [1.165, 1.54) is 6.07 Å². The van der Waals surface area contributed by atoms with Crippen LogP contribution in [0.3, 0.4) is 0 Å². The van der Waals surface area contributed by atoms with Crippen LogP contribution in [0.1, 0.15) is 53.6 Å². The highest BCUT2D eigenvalue weighted by Gasteiger charge is 2.30. The van der Waals surface area contributed by atoms with E-state index in [2.05, 4.69) is 11.6 Å². The van der Waals surface area contributed by atoms with E-state index in [1.54, 1.807) is 6.92 Å². The Balaban J connectivity index is 2.23. The molecule has 21 heavy (non-hydrogen) atoms. The van der Waals surface area contributed by atoms with E-state index in [0.29, 0.717) is 10.8 Å². The number of rotatable bonds is 5. The Morgan fingerprint density at radius 3 is 2.67 bits per heavy atom. The summed E-state index contributed by atoms with van der Waals surface area (Å²) in [6.07, 6.45) is 5.04. The van der Waals surface area contributed by atoms with Gasteiger partial charge in [0.05, 0.1) is 4.90 Å². The molecule has 2 unspecified atom stereocenters. The van der Waals surface area contributed by atoms with Gasteiger partial charge in [0.2, 0.25) is 10.0 Å². The van der Waals surface area contributed by atoms with Crippen LogP contribution in [0.2, 0.25) is 0 Å². The lowest BCUT2D eigenvalue weighted by Gasteiger charge is -2.31. The summed E-state index contributed by atoms with van der Waals surface area (Å²) >= 11 is 0.999. The third kappa shape index (κ3) is 3.64. The number of carboxylic acids is 1. The molecule has 1 aromatic heterocycles. The SMILES string of the molecule is CCC1CCCCC1NS(=O)(=O)c1cc(C(=O)O)sc1C. The predicted molar refractivity (Wildman–Crippen MR) is 82.4 cm³/mol. The molecular weight excluding hydrogens is 310 g/mol. The second kappa shape index (κ2) is 6.46. The average Bonchev–Trinajstić information content (AvgIpc) is 2.82. The minimum atomic E-state index is -3.65. The van der Waals surface area contributed by atoms with Crippen LogP contribution in [-0.4, -0.2) is 25.5 Å². The smallest absolute Gasteiger partial charge is 0.345 e. The number of nitrogens with one attached hydrogen (secondary N) is 1. The van der Waals surface area contributed by atoms with Crippen LogP contribution in [0.25, 0.3) is 0 Å². The summed E-state index contributed by atoms with van der Waals surface area (Å²) in [6, 6.07) is 1.22. The molecule has 0 saturated heterocycles. The lowest BCUT2D eigenvalue weighted by atomic mass is 9.83. The van der Waals surface area contributed by atoms with E-state index in [0.717, 1.165) is 43.4 Å². The molecular formula is C14H21NO4S2. The van der Waals surface area contributed by atoms with Crippen LogP contribution < -0.4 is 4.72 Å². The quantitative estimate of drug-likeness (QED) is 0.869. The molecule has 2 N–H and O–H groups in total. The standard InChI is InChI=1S/C14H21NO4S2/c1-3-10-6-4-5-7-11(10)15-21(18,19)13-8-12(14(16)17)20-9(13)2/h8,10-11,15H,3-7H2,1-2H3,(H,16,17). The first kappa shape index (κ1) is 16.5. The maximum absolute atomic E-state index is 12.5. The fourth-order valence-corrected chi connectivity index (χ4v) is 5.72. The molecule has 5 nitrogen and oxygen atoms in total. The number of carbonyl (C=O) groups is 1. The minimum absolute atomic E-state index is 0.0404. The van der Waals surface area contributed by atoms with Gasteiger partial charge in [0, 0.05) is 10.9 Å². The van der Waals surface area contributed by atoms with Gasteiger partial charge in [-0.1, -0.05) is 26.2 Å². The average molecular weight is 331 g/mol. The molecule has 2 rings (SSSR count). The van der Waals surface area contributed by atoms with Gasteiger partial charge in [-0.3, -0.25) is 0 Å². The first-order chi connectivity index (χ1) is 9.85. The molecule has 0 radical (unpaired) electrons. The van der Waals surface area contributed by atoms with Crippen molar-refractivity contribution in [3.05, 3.63) is 15.8 Å². The Kier molecular flexibility index (Phi) is 5.06. The molecule has 1 aromatic rings. The molecule has 0 amide bonds. The van der Waals surface area contributed by atoms with Crippen LogP contribution in [0.15, 0.2) is 11.0 Å². The van der Waals surface area contributed by atoms with Crippen molar-refractivity contribution >= 4 is 27.3 Å². The molecule has 1 fully saturated rings. The van der Waals surface area contributed by atoms with Gasteiger partial charge in [-0.2, -0.15) is 0 Å². The van der Waals surface area contributed by atoms with Crippen molar-refractivity contribution in [1.82, 2.24) is 4.72 Å². The summed E-state index contributed by atoms with van der Waals surface area (Å²) < 4.78 is 27.8. The summed E-state index contributed by atoms with van der Waals surface area (Å²) in [7, 11) is -3.65. The van der Waals surface area contributed by atoms with Gasteiger partial charge in [0.1, 0.15) is 4.88 Å². The Bertz CT molecular complexity index is 621. The zero-order valence-electron chi connectivity index (χ0n) is 12.3. The van der Waals surface area contributed by atoms with E-state index in [4.69, 9.17) is 5.11 Å². The number of sulfonamides is 1. The van der Waals surface area contributed by atoms with E-state index in [9.17, 15) is 13.2 Å². The van der Waals surface area contributed by atoms with Gasteiger partial charge in [0.15, 0.2) is 0 Å². The van der Waals surface area contributed by atoms with Crippen molar-refractivity contribution in [1.29, 1.82) is 0 Å². The minimum Gasteiger partial charge on any atom is -0.477 e. The Hall–Kier alpha value is -0.920. The van der Waals surface area contributed by atoms with Gasteiger partial charge in [-0.05, 0) is 31.7 Å². The molecule has 2 atom stereocenters. The van der Waals surface area contributed by atoms with Gasteiger partial charge < -0.3 is 5.11 Å². The van der Waals surface area contributed by atoms with E-state index >= 15 is 0 Å². The molecule has 0 aromatic carbocycles. The normalized spacial score (nSPS) is 23.1. The van der Waals surface area contributed by atoms with Crippen molar-refractivity contribution in [3.8, 4) is 0 Å². The largest absolute Gasteiger partial charge is 0.477 e. The number of aryl methyl sites for hydroxylation is 1. The summed E-state index contributed by atoms with van der Waals surface area (Å²) in [5, 5.41) is 8.99. The monoisotopic (exact) mass is 331 g/mol. The number of carboxylic acid groups (broad SMARTS) is 1. The maximum Gasteiger partial charge on any atom is 0.345 e. The summed E-state index contributed by atoms with van der Waals surface area (Å²) in [5.41, 5.74) is 0. The van der Waals surface area contributed by atoms with Crippen molar-refractivity contribution in [2.24, 2.45) is 5.92 Å². The molecule has 0 bridgehead atoms. The highest BCUT2D eigenvalue weighted by molar-refractivity contribution is 7.89. The van der Waals surface area contributed by atoms with Crippen molar-refractivity contribution in [2.45, 2.75) is 56.9 Å². The fourth-order valence-electron chi connectivity index (χ4n) is 2.95. The van der Waals surface area contributed by atoms with Crippen molar-refractivity contribution in [3.63, 3.8) is 0 Å². The highest BCUT2D eigenvalue weighted by atomic mass is 32.2. The second-order valence-electron chi connectivity index (χ2n) is 5.52. The number of hydrogen-bond acceptors (Lipinski definition) is 4. The Morgan fingerprint density at radius 2 is 2.10 bits per heavy atom. The highest BCUT2D eigenvalue weighted by Crippen LogP contribution is 2.30. The number of aromatic carboxylic acids is 1. The lowest BCUT2D eigenvalue weighted by Crippen LogP contribution is -2.41. The van der Waals surface area contributed by atoms with Crippen LogP contribution >= 0.6 is 11.3 Å². The summed E-state index contributed by atoms with van der Waals surface area (Å²) in [5.74, 6) is -0.722. The Morgan fingerprint density at radius 1 is 1.43 bits per heavy atom. The molecule has 1 aliphatic rings. The van der Waals surface area contributed by atoms with Crippen LogP contribution in [0, 0.1) is 12.8 Å². The molecule has 1 aliphatic carbocycles. The van der Waals surface area contributed by atoms with E-state index < -0.39 is 16.0 Å². The molecule has 118 valence electrons. The van der Waals surface area contributed by atoms with E-state index in [1.807, 2.05) is 0 Å². The van der Waals surface area contributed by atoms with Crippen molar-refractivity contribution in [2.75, 3.05) is 0 Å². The van der Waals surface area contributed by atoms with Gasteiger partial charge >= 0.3 is 5.97 Å². The fraction of sp³-hybridized carbons (Fsp3) is 0.643. The number of thiophene rings is 1. The summed E-state index contributed by atoms with van der Waals surface area (Å²) in [6.45, 7) is 3.72. The zero-order valence-corrected chi connectivity index (χ0v) is 13.9.